The summed E-state index contributed by atoms with van der Waals surface area (Å²) in [7, 11) is 0. The number of halogens is 3. The van der Waals surface area contributed by atoms with E-state index in [2.05, 4.69) is 10.3 Å². The van der Waals surface area contributed by atoms with Crippen molar-refractivity contribution < 1.29 is 27.8 Å². The number of rotatable bonds is 2. The third kappa shape index (κ3) is 3.21. The van der Waals surface area contributed by atoms with Crippen molar-refractivity contribution in [2.45, 2.75) is 17.8 Å². The van der Waals surface area contributed by atoms with Crippen molar-refractivity contribution in [1.29, 1.82) is 0 Å². The molecule has 2 aromatic carbocycles. The van der Waals surface area contributed by atoms with Crippen LogP contribution in [0, 0.1) is 0 Å². The van der Waals surface area contributed by atoms with Crippen LogP contribution in [0.5, 0.6) is 5.75 Å². The fourth-order valence-corrected chi connectivity index (χ4v) is 3.48. The Kier molecular flexibility index (Phi) is 4.70. The number of nitrogens with zero attached hydrogens (tertiary/aromatic N) is 2. The quantitative estimate of drug-likeness (QED) is 0.805. The minimum Gasteiger partial charge on any atom is -0.470 e. The number of alkyl halides is 3. The minimum absolute atomic E-state index is 0.0401. The average molecular weight is 405 g/mol. The Morgan fingerprint density at radius 3 is 2.38 bits per heavy atom. The number of hydrogen-bond donors (Lipinski definition) is 2. The largest absolute Gasteiger partial charge is 0.470 e. The lowest BCUT2D eigenvalue weighted by atomic mass is 9.92. The summed E-state index contributed by atoms with van der Waals surface area (Å²) in [6, 6.07) is 12.9. The zero-order chi connectivity index (χ0) is 20.6. The fraction of sp³-hybridized carbons (Fsp3) is 0.300. The van der Waals surface area contributed by atoms with Gasteiger partial charge in [0.2, 0.25) is 5.60 Å². The number of amidine groups is 1. The van der Waals surface area contributed by atoms with Gasteiger partial charge in [0.1, 0.15) is 11.6 Å². The van der Waals surface area contributed by atoms with Crippen LogP contribution in [0.2, 0.25) is 0 Å². The number of para-hydroxylation sites is 1. The van der Waals surface area contributed by atoms with Crippen LogP contribution < -0.4 is 10.1 Å². The summed E-state index contributed by atoms with van der Waals surface area (Å²) in [6.07, 6.45) is -6.06. The van der Waals surface area contributed by atoms with Crippen LogP contribution in [-0.4, -0.2) is 53.8 Å². The van der Waals surface area contributed by atoms with Crippen LogP contribution in [0.15, 0.2) is 59.6 Å². The maximum absolute atomic E-state index is 14.3. The predicted molar refractivity (Wildman–Crippen MR) is 99.2 cm³/mol. The van der Waals surface area contributed by atoms with E-state index in [1.807, 2.05) is 0 Å². The smallest absolute Gasteiger partial charge is 0.434 e. The molecule has 0 saturated carbocycles. The molecule has 2 N–H and O–H groups in total. The van der Waals surface area contributed by atoms with E-state index < -0.39 is 30.5 Å². The monoisotopic (exact) mass is 405 g/mol. The third-order valence-corrected chi connectivity index (χ3v) is 5.12. The summed E-state index contributed by atoms with van der Waals surface area (Å²) < 4.78 is 48.6. The van der Waals surface area contributed by atoms with Crippen molar-refractivity contribution in [2.75, 3.05) is 19.6 Å². The lowest BCUT2D eigenvalue weighted by molar-refractivity contribution is -0.250. The fourth-order valence-electron chi connectivity index (χ4n) is 3.48. The number of carboxylic acid groups (broad SMARTS) is 1. The summed E-state index contributed by atoms with van der Waals surface area (Å²) in [4.78, 5) is 17.1. The zero-order valence-corrected chi connectivity index (χ0v) is 15.2. The van der Waals surface area contributed by atoms with Crippen LogP contribution in [0.25, 0.3) is 0 Å². The van der Waals surface area contributed by atoms with Crippen molar-refractivity contribution in [3.05, 3.63) is 65.7 Å². The number of amides is 1. The van der Waals surface area contributed by atoms with Gasteiger partial charge in [0.25, 0.3) is 0 Å². The molecular weight excluding hydrogens is 387 g/mol. The molecule has 1 fully saturated rings. The van der Waals surface area contributed by atoms with E-state index in [9.17, 15) is 23.1 Å². The molecule has 0 spiro atoms. The summed E-state index contributed by atoms with van der Waals surface area (Å²) >= 11 is 0. The normalized spacial score (nSPS) is 21.8. The van der Waals surface area contributed by atoms with Crippen molar-refractivity contribution in [3.8, 4) is 5.75 Å². The predicted octanol–water partition coefficient (Wildman–Crippen LogP) is 3.24. The number of hydrogen-bond acceptors (Lipinski definition) is 4. The van der Waals surface area contributed by atoms with Crippen molar-refractivity contribution in [2.24, 2.45) is 4.99 Å². The Balaban J connectivity index is 1.90. The Morgan fingerprint density at radius 2 is 1.79 bits per heavy atom. The van der Waals surface area contributed by atoms with Crippen molar-refractivity contribution in [1.82, 2.24) is 10.2 Å². The van der Waals surface area contributed by atoms with E-state index in [-0.39, 0.29) is 22.7 Å². The highest BCUT2D eigenvalue weighted by Crippen LogP contribution is 2.45. The molecule has 29 heavy (non-hydrogen) atoms. The molecule has 2 aliphatic heterocycles. The Bertz CT molecular complexity index is 945. The number of ether oxygens (including phenoxy) is 1. The molecule has 1 amide bonds. The number of fused-ring (bicyclic) bond motifs is 1. The third-order valence-electron chi connectivity index (χ3n) is 5.12. The molecule has 0 aliphatic carbocycles. The highest BCUT2D eigenvalue weighted by molar-refractivity contribution is 6.08. The van der Waals surface area contributed by atoms with Crippen LogP contribution in [0.3, 0.4) is 0 Å². The Labute approximate surface area is 164 Å². The van der Waals surface area contributed by atoms with Gasteiger partial charge in [-0.25, -0.2) is 4.79 Å². The lowest BCUT2D eigenvalue weighted by Gasteiger charge is -2.36. The van der Waals surface area contributed by atoms with Crippen molar-refractivity contribution in [3.63, 3.8) is 0 Å². The second kappa shape index (κ2) is 7.07. The molecule has 1 saturated heterocycles. The van der Waals surface area contributed by atoms with E-state index in [1.165, 1.54) is 36.4 Å². The van der Waals surface area contributed by atoms with E-state index >= 15 is 0 Å². The zero-order valence-electron chi connectivity index (χ0n) is 15.2. The number of nitrogens with one attached hydrogen (secondary N) is 1. The van der Waals surface area contributed by atoms with Gasteiger partial charge >= 0.3 is 12.3 Å². The topological polar surface area (TPSA) is 74.2 Å². The SMILES string of the molecule is O=C(O)N(C1=NCC(c2ccccc2)(C(F)(F)F)Oc2ccccc21)C1CNC1. The lowest BCUT2D eigenvalue weighted by Crippen LogP contribution is -2.60. The number of aliphatic imine (C=N–C) groups is 1. The molecule has 1 unspecified atom stereocenters. The van der Waals surface area contributed by atoms with E-state index in [0.29, 0.717) is 13.1 Å². The molecule has 2 aliphatic rings. The van der Waals surface area contributed by atoms with Crippen LogP contribution in [-0.2, 0) is 5.60 Å². The van der Waals surface area contributed by atoms with Gasteiger partial charge in [-0.05, 0) is 12.1 Å². The maximum Gasteiger partial charge on any atom is 0.434 e. The molecule has 0 aromatic heterocycles. The summed E-state index contributed by atoms with van der Waals surface area (Å²) in [5.74, 6) is -0.106. The van der Waals surface area contributed by atoms with Gasteiger partial charge in [-0.1, -0.05) is 42.5 Å². The summed E-state index contributed by atoms with van der Waals surface area (Å²) in [6.45, 7) is 0.00331. The highest BCUT2D eigenvalue weighted by Gasteiger charge is 2.60. The molecule has 1 atom stereocenters. The molecule has 4 rings (SSSR count). The molecular formula is C20H18F3N3O3. The Morgan fingerprint density at radius 1 is 1.14 bits per heavy atom. The first-order valence-electron chi connectivity index (χ1n) is 9.01. The Hall–Kier alpha value is -3.07. The molecule has 0 radical (unpaired) electrons. The van der Waals surface area contributed by atoms with Crippen LogP contribution in [0.1, 0.15) is 11.1 Å². The molecule has 9 heteroatoms. The first-order valence-corrected chi connectivity index (χ1v) is 9.01. The van der Waals surface area contributed by atoms with E-state index in [1.54, 1.807) is 18.2 Å². The molecule has 152 valence electrons. The highest BCUT2D eigenvalue weighted by atomic mass is 19.4. The average Bonchev–Trinajstić information content (AvgIpc) is 2.82. The number of benzene rings is 2. The first kappa shape index (κ1) is 19.3. The minimum atomic E-state index is -4.79. The number of carbonyl (C=O) groups is 1. The van der Waals surface area contributed by atoms with Gasteiger partial charge in [-0.15, -0.1) is 0 Å². The summed E-state index contributed by atoms with van der Waals surface area (Å²) in [5.41, 5.74) is -2.61. The van der Waals surface area contributed by atoms with Gasteiger partial charge in [-0.3, -0.25) is 9.89 Å². The second-order valence-electron chi connectivity index (χ2n) is 6.89. The van der Waals surface area contributed by atoms with Gasteiger partial charge in [0.15, 0.2) is 0 Å². The van der Waals surface area contributed by atoms with Gasteiger partial charge in [0.05, 0.1) is 18.2 Å². The summed E-state index contributed by atoms with van der Waals surface area (Å²) in [5, 5.41) is 12.7. The molecule has 2 aromatic rings. The second-order valence-corrected chi connectivity index (χ2v) is 6.89. The maximum atomic E-state index is 14.3. The van der Waals surface area contributed by atoms with Gasteiger partial charge in [0, 0.05) is 18.7 Å². The van der Waals surface area contributed by atoms with Crippen LogP contribution in [0.4, 0.5) is 18.0 Å². The molecule has 2 heterocycles. The van der Waals surface area contributed by atoms with Crippen LogP contribution >= 0.6 is 0 Å². The van der Waals surface area contributed by atoms with Crippen molar-refractivity contribution >= 4 is 11.9 Å². The van der Waals surface area contributed by atoms with Gasteiger partial charge in [-0.2, -0.15) is 13.2 Å². The van der Waals surface area contributed by atoms with Gasteiger partial charge < -0.3 is 15.2 Å². The first-order chi connectivity index (χ1) is 13.8. The van der Waals surface area contributed by atoms with E-state index in [0.717, 1.165) is 4.90 Å². The molecule has 0 bridgehead atoms. The molecule has 6 nitrogen and oxygen atoms in total. The standard InChI is InChI=1S/C20H18F3N3O3/c21-20(22,23)19(13-6-2-1-3-7-13)12-25-17(15-8-4-5-9-16(15)29-19)26(18(27)28)14-10-24-11-14/h1-9,14,24H,10-12H2,(H,27,28). The van der Waals surface area contributed by atoms with E-state index in [4.69, 9.17) is 4.74 Å².